The maximum absolute atomic E-state index is 11.1. The Morgan fingerprint density at radius 3 is 2.82 bits per heavy atom. The van der Waals surface area contributed by atoms with Gasteiger partial charge in [-0.3, -0.25) is 4.79 Å². The van der Waals surface area contributed by atoms with Crippen LogP contribution in [0, 0.1) is 0 Å². The molecule has 1 unspecified atom stereocenters. The smallest absolute Gasteiger partial charge is 0.314 e. The zero-order chi connectivity index (χ0) is 12.6. The lowest BCUT2D eigenvalue weighted by Gasteiger charge is -2.09. The topological polar surface area (TPSA) is 75.3 Å². The number of benzene rings is 1. The number of nitrogens with zero attached hydrogens (tertiary/aromatic N) is 2. The summed E-state index contributed by atoms with van der Waals surface area (Å²) in [7, 11) is 1.79. The van der Waals surface area contributed by atoms with Crippen LogP contribution in [0.2, 0.25) is 0 Å². The number of carboxylic acid groups (broad SMARTS) is 1. The molecule has 0 aliphatic rings. The number of carbonyl (C=O) groups is 1. The van der Waals surface area contributed by atoms with E-state index in [9.17, 15) is 9.90 Å². The molecule has 0 saturated heterocycles. The molecule has 2 aromatic rings. The van der Waals surface area contributed by atoms with Gasteiger partial charge in [-0.15, -0.1) is 0 Å². The van der Waals surface area contributed by atoms with Gasteiger partial charge >= 0.3 is 5.97 Å². The fourth-order valence-corrected chi connectivity index (χ4v) is 1.99. The number of imidazole rings is 1. The molecule has 2 N–H and O–H groups in total. The molecule has 1 aromatic heterocycles. The number of hydrogen-bond acceptors (Lipinski definition) is 3. The summed E-state index contributed by atoms with van der Waals surface area (Å²) in [6.45, 7) is 1.82. The number of aromatic nitrogens is 2. The Morgan fingerprint density at radius 1 is 1.53 bits per heavy atom. The van der Waals surface area contributed by atoms with E-state index in [0.717, 1.165) is 5.52 Å². The van der Waals surface area contributed by atoms with Gasteiger partial charge in [0, 0.05) is 13.1 Å². The van der Waals surface area contributed by atoms with Crippen LogP contribution in [0.25, 0.3) is 11.0 Å². The Balaban J connectivity index is 2.62. The third kappa shape index (κ3) is 1.84. The maximum Gasteiger partial charge on any atom is 0.314 e. The molecular formula is C12H14N2O3. The molecule has 2 rings (SSSR count). The van der Waals surface area contributed by atoms with Crippen LogP contribution >= 0.6 is 0 Å². The predicted molar refractivity (Wildman–Crippen MR) is 63.0 cm³/mol. The number of carboxylic acids is 1. The lowest BCUT2D eigenvalue weighted by Crippen LogP contribution is -2.15. The Labute approximate surface area is 98.3 Å². The summed E-state index contributed by atoms with van der Waals surface area (Å²) in [6, 6.07) is 4.83. The van der Waals surface area contributed by atoms with Crippen LogP contribution in [0.4, 0.5) is 0 Å². The van der Waals surface area contributed by atoms with Gasteiger partial charge in [-0.25, -0.2) is 4.98 Å². The van der Waals surface area contributed by atoms with Crippen LogP contribution in [0.5, 0.6) is 5.75 Å². The molecule has 0 spiro atoms. The van der Waals surface area contributed by atoms with Crippen molar-refractivity contribution in [2.45, 2.75) is 19.3 Å². The molecule has 0 fully saturated rings. The normalized spacial score (nSPS) is 12.8. The third-order valence-electron chi connectivity index (χ3n) is 2.92. The molecule has 0 bridgehead atoms. The lowest BCUT2D eigenvalue weighted by atomic mass is 10.1. The van der Waals surface area contributed by atoms with Crippen molar-refractivity contribution in [2.24, 2.45) is 7.05 Å². The van der Waals surface area contributed by atoms with E-state index in [0.29, 0.717) is 17.8 Å². The van der Waals surface area contributed by atoms with Crippen molar-refractivity contribution in [3.63, 3.8) is 0 Å². The van der Waals surface area contributed by atoms with E-state index >= 15 is 0 Å². The summed E-state index contributed by atoms with van der Waals surface area (Å²) >= 11 is 0. The molecule has 5 heteroatoms. The Morgan fingerprint density at radius 2 is 2.24 bits per heavy atom. The SMILES string of the molecule is CCC(C(=O)O)c1nc2cc(O)ccc2n1C. The van der Waals surface area contributed by atoms with E-state index in [1.54, 1.807) is 23.7 Å². The highest BCUT2D eigenvalue weighted by molar-refractivity contribution is 5.81. The quantitative estimate of drug-likeness (QED) is 0.849. The molecular weight excluding hydrogens is 220 g/mol. The largest absolute Gasteiger partial charge is 0.508 e. The summed E-state index contributed by atoms with van der Waals surface area (Å²) in [4.78, 5) is 15.4. The van der Waals surface area contributed by atoms with Crippen molar-refractivity contribution in [2.75, 3.05) is 0 Å². The monoisotopic (exact) mass is 234 g/mol. The van der Waals surface area contributed by atoms with Crippen LogP contribution in [-0.2, 0) is 11.8 Å². The second-order valence-electron chi connectivity index (χ2n) is 4.00. The molecule has 5 nitrogen and oxygen atoms in total. The van der Waals surface area contributed by atoms with E-state index in [1.807, 2.05) is 6.92 Å². The first-order chi connectivity index (χ1) is 8.04. The minimum atomic E-state index is -0.880. The first-order valence-corrected chi connectivity index (χ1v) is 5.42. The fourth-order valence-electron chi connectivity index (χ4n) is 1.99. The fraction of sp³-hybridized carbons (Fsp3) is 0.333. The first-order valence-electron chi connectivity index (χ1n) is 5.42. The van der Waals surface area contributed by atoms with E-state index in [4.69, 9.17) is 5.11 Å². The van der Waals surface area contributed by atoms with Crippen molar-refractivity contribution < 1.29 is 15.0 Å². The van der Waals surface area contributed by atoms with Gasteiger partial charge in [-0.2, -0.15) is 0 Å². The number of aliphatic carboxylic acids is 1. The highest BCUT2D eigenvalue weighted by atomic mass is 16.4. The minimum Gasteiger partial charge on any atom is -0.508 e. The number of aromatic hydroxyl groups is 1. The first kappa shape index (κ1) is 11.4. The van der Waals surface area contributed by atoms with Crippen LogP contribution in [-0.4, -0.2) is 25.7 Å². The second-order valence-corrected chi connectivity index (χ2v) is 4.00. The molecule has 1 heterocycles. The number of rotatable bonds is 3. The van der Waals surface area contributed by atoms with Gasteiger partial charge in [0.1, 0.15) is 17.5 Å². The summed E-state index contributed by atoms with van der Waals surface area (Å²) in [5, 5.41) is 18.5. The molecule has 0 radical (unpaired) electrons. The van der Waals surface area contributed by atoms with Crippen LogP contribution in [0.15, 0.2) is 18.2 Å². The van der Waals surface area contributed by atoms with Crippen molar-refractivity contribution in [3.8, 4) is 5.75 Å². The second kappa shape index (κ2) is 4.08. The molecule has 1 aromatic carbocycles. The van der Waals surface area contributed by atoms with Crippen molar-refractivity contribution in [3.05, 3.63) is 24.0 Å². The van der Waals surface area contributed by atoms with Gasteiger partial charge in [0.15, 0.2) is 0 Å². The number of phenolic OH excluding ortho intramolecular Hbond substituents is 1. The molecule has 1 atom stereocenters. The Hall–Kier alpha value is -2.04. The van der Waals surface area contributed by atoms with Gasteiger partial charge in [0.2, 0.25) is 0 Å². The van der Waals surface area contributed by atoms with E-state index in [2.05, 4.69) is 4.98 Å². The van der Waals surface area contributed by atoms with Gasteiger partial charge in [-0.1, -0.05) is 6.92 Å². The molecule has 0 saturated carbocycles. The highest BCUT2D eigenvalue weighted by Crippen LogP contribution is 2.25. The molecule has 0 aliphatic carbocycles. The predicted octanol–water partition coefficient (Wildman–Crippen LogP) is 1.86. The van der Waals surface area contributed by atoms with E-state index in [-0.39, 0.29) is 5.75 Å². The summed E-state index contributed by atoms with van der Waals surface area (Å²) in [6.07, 6.45) is 0.485. The van der Waals surface area contributed by atoms with E-state index < -0.39 is 11.9 Å². The van der Waals surface area contributed by atoms with Crippen molar-refractivity contribution in [1.29, 1.82) is 0 Å². The van der Waals surface area contributed by atoms with Crippen molar-refractivity contribution in [1.82, 2.24) is 9.55 Å². The standard InChI is InChI=1S/C12H14N2O3/c1-3-8(12(16)17)11-13-9-6-7(15)4-5-10(9)14(11)2/h4-6,8,15H,3H2,1-2H3,(H,16,17). The zero-order valence-electron chi connectivity index (χ0n) is 9.71. The third-order valence-corrected chi connectivity index (χ3v) is 2.92. The van der Waals surface area contributed by atoms with Crippen LogP contribution in [0.1, 0.15) is 25.1 Å². The van der Waals surface area contributed by atoms with Crippen LogP contribution < -0.4 is 0 Å². The molecule has 0 amide bonds. The Kier molecular flexibility index (Phi) is 2.75. The van der Waals surface area contributed by atoms with Gasteiger partial charge in [0.25, 0.3) is 0 Å². The number of fused-ring (bicyclic) bond motifs is 1. The summed E-state index contributed by atoms with van der Waals surface area (Å²) in [5.41, 5.74) is 1.43. The number of phenols is 1. The average Bonchev–Trinajstić information content (AvgIpc) is 2.56. The van der Waals surface area contributed by atoms with Gasteiger partial charge < -0.3 is 14.8 Å². The number of aryl methyl sites for hydroxylation is 1. The van der Waals surface area contributed by atoms with Crippen LogP contribution in [0.3, 0.4) is 0 Å². The summed E-state index contributed by atoms with van der Waals surface area (Å²) < 4.78 is 1.76. The molecule has 0 aliphatic heterocycles. The van der Waals surface area contributed by atoms with Gasteiger partial charge in [0.05, 0.1) is 11.0 Å². The maximum atomic E-state index is 11.1. The lowest BCUT2D eigenvalue weighted by molar-refractivity contribution is -0.139. The van der Waals surface area contributed by atoms with E-state index in [1.165, 1.54) is 6.07 Å². The molecule has 17 heavy (non-hydrogen) atoms. The number of hydrogen-bond donors (Lipinski definition) is 2. The highest BCUT2D eigenvalue weighted by Gasteiger charge is 2.23. The van der Waals surface area contributed by atoms with Crippen molar-refractivity contribution >= 4 is 17.0 Å². The average molecular weight is 234 g/mol. The molecule has 90 valence electrons. The zero-order valence-corrected chi connectivity index (χ0v) is 9.71. The Bertz CT molecular complexity index is 574. The van der Waals surface area contributed by atoms with Gasteiger partial charge in [-0.05, 0) is 18.6 Å². The minimum absolute atomic E-state index is 0.130. The summed E-state index contributed by atoms with van der Waals surface area (Å²) in [5.74, 6) is -0.851.